The van der Waals surface area contributed by atoms with E-state index in [0.717, 1.165) is 28.5 Å². The van der Waals surface area contributed by atoms with Crippen molar-refractivity contribution in [3.05, 3.63) is 47.4 Å². The molecule has 106 valence electrons. The Bertz CT molecular complexity index is 617. The topological polar surface area (TPSA) is 54.3 Å². The first kappa shape index (κ1) is 14.2. The maximum Gasteiger partial charge on any atom is 0.221 e. The van der Waals surface area contributed by atoms with Crippen molar-refractivity contribution in [2.75, 3.05) is 10.6 Å². The van der Waals surface area contributed by atoms with Crippen LogP contribution in [-0.4, -0.2) is 5.91 Å². The zero-order chi connectivity index (χ0) is 14.7. The van der Waals surface area contributed by atoms with E-state index in [2.05, 4.69) is 10.6 Å². The lowest BCUT2D eigenvalue weighted by molar-refractivity contribution is -0.114. The van der Waals surface area contributed by atoms with Crippen LogP contribution in [0.2, 0.25) is 0 Å². The monoisotopic (exact) mass is 272 g/mol. The van der Waals surface area contributed by atoms with E-state index < -0.39 is 0 Å². The Labute approximate surface area is 119 Å². The molecule has 0 fully saturated rings. The minimum Gasteiger partial charge on any atom is -0.464 e. The number of nitrogens with one attached hydrogen (secondary N) is 2. The molecular weight excluding hydrogens is 252 g/mol. The van der Waals surface area contributed by atoms with Crippen molar-refractivity contribution in [2.45, 2.75) is 33.7 Å². The molecule has 4 heteroatoms. The molecule has 1 amide bonds. The van der Waals surface area contributed by atoms with Gasteiger partial charge in [0.1, 0.15) is 11.5 Å². The lowest BCUT2D eigenvalue weighted by atomic mass is 10.1. The first-order valence-electron chi connectivity index (χ1n) is 6.67. The van der Waals surface area contributed by atoms with Gasteiger partial charge >= 0.3 is 0 Å². The van der Waals surface area contributed by atoms with Gasteiger partial charge in [-0.05, 0) is 50.6 Å². The summed E-state index contributed by atoms with van der Waals surface area (Å²) in [6, 6.07) is 9.80. The number of carbonyl (C=O) groups is 1. The maximum absolute atomic E-state index is 11.1. The summed E-state index contributed by atoms with van der Waals surface area (Å²) >= 11 is 0. The molecule has 0 aliphatic heterocycles. The van der Waals surface area contributed by atoms with Gasteiger partial charge in [0, 0.05) is 18.3 Å². The summed E-state index contributed by atoms with van der Waals surface area (Å²) in [5, 5.41) is 6.20. The van der Waals surface area contributed by atoms with Crippen LogP contribution < -0.4 is 10.6 Å². The highest BCUT2D eigenvalue weighted by atomic mass is 16.3. The lowest BCUT2D eigenvalue weighted by Crippen LogP contribution is -2.09. The molecule has 20 heavy (non-hydrogen) atoms. The Kier molecular flexibility index (Phi) is 4.13. The van der Waals surface area contributed by atoms with Crippen molar-refractivity contribution >= 4 is 17.3 Å². The van der Waals surface area contributed by atoms with E-state index in [4.69, 9.17) is 4.42 Å². The SMILES string of the molecule is CC(=O)Nc1ccc(C)c(NC(C)c2ccc(C)o2)c1. The van der Waals surface area contributed by atoms with Crippen LogP contribution in [0.25, 0.3) is 0 Å². The van der Waals surface area contributed by atoms with Crippen LogP contribution in [-0.2, 0) is 4.79 Å². The Balaban J connectivity index is 2.17. The van der Waals surface area contributed by atoms with Crippen LogP contribution in [0.1, 0.15) is 37.0 Å². The normalized spacial score (nSPS) is 12.0. The summed E-state index contributed by atoms with van der Waals surface area (Å²) in [6.07, 6.45) is 0. The van der Waals surface area contributed by atoms with Crippen molar-refractivity contribution in [1.29, 1.82) is 0 Å². The van der Waals surface area contributed by atoms with E-state index >= 15 is 0 Å². The first-order valence-corrected chi connectivity index (χ1v) is 6.67. The van der Waals surface area contributed by atoms with E-state index in [-0.39, 0.29) is 11.9 Å². The van der Waals surface area contributed by atoms with E-state index in [9.17, 15) is 4.79 Å². The van der Waals surface area contributed by atoms with Crippen LogP contribution in [0.5, 0.6) is 0 Å². The number of amides is 1. The second-order valence-electron chi connectivity index (χ2n) is 5.03. The quantitative estimate of drug-likeness (QED) is 0.883. The molecule has 0 aliphatic rings. The molecule has 2 rings (SSSR count). The molecule has 0 radical (unpaired) electrons. The molecule has 2 N–H and O–H groups in total. The van der Waals surface area contributed by atoms with E-state index in [1.807, 2.05) is 51.1 Å². The average Bonchev–Trinajstić information content (AvgIpc) is 2.79. The number of hydrogen-bond donors (Lipinski definition) is 2. The summed E-state index contributed by atoms with van der Waals surface area (Å²) in [6.45, 7) is 7.50. The molecule has 1 aromatic heterocycles. The average molecular weight is 272 g/mol. The summed E-state index contributed by atoms with van der Waals surface area (Å²) < 4.78 is 5.62. The number of carbonyl (C=O) groups excluding carboxylic acids is 1. The number of furan rings is 1. The lowest BCUT2D eigenvalue weighted by Gasteiger charge is -2.16. The molecule has 0 bridgehead atoms. The fraction of sp³-hybridized carbons (Fsp3) is 0.312. The molecule has 2 aromatic rings. The number of aryl methyl sites for hydroxylation is 2. The third kappa shape index (κ3) is 3.41. The van der Waals surface area contributed by atoms with Crippen LogP contribution in [0.4, 0.5) is 11.4 Å². The molecule has 1 aromatic carbocycles. The molecule has 0 aliphatic carbocycles. The predicted octanol–water partition coefficient (Wildman–Crippen LogP) is 4.03. The van der Waals surface area contributed by atoms with Gasteiger partial charge in [-0.3, -0.25) is 4.79 Å². The van der Waals surface area contributed by atoms with Gasteiger partial charge in [-0.15, -0.1) is 0 Å². The highest BCUT2D eigenvalue weighted by Gasteiger charge is 2.11. The molecule has 1 heterocycles. The maximum atomic E-state index is 11.1. The van der Waals surface area contributed by atoms with Gasteiger partial charge in [0.15, 0.2) is 0 Å². The Morgan fingerprint density at radius 3 is 2.55 bits per heavy atom. The van der Waals surface area contributed by atoms with Gasteiger partial charge in [0.05, 0.1) is 6.04 Å². The first-order chi connectivity index (χ1) is 9.45. The fourth-order valence-electron chi connectivity index (χ4n) is 2.05. The van der Waals surface area contributed by atoms with Gasteiger partial charge in [-0.1, -0.05) is 6.07 Å². The van der Waals surface area contributed by atoms with Gasteiger partial charge < -0.3 is 15.1 Å². The van der Waals surface area contributed by atoms with E-state index in [1.165, 1.54) is 6.92 Å². The predicted molar refractivity (Wildman–Crippen MR) is 81.0 cm³/mol. The molecule has 1 atom stereocenters. The van der Waals surface area contributed by atoms with E-state index in [1.54, 1.807) is 0 Å². The third-order valence-electron chi connectivity index (χ3n) is 3.12. The number of hydrogen-bond acceptors (Lipinski definition) is 3. The van der Waals surface area contributed by atoms with Crippen molar-refractivity contribution in [3.8, 4) is 0 Å². The van der Waals surface area contributed by atoms with Crippen LogP contribution in [0, 0.1) is 13.8 Å². The largest absolute Gasteiger partial charge is 0.464 e. The second kappa shape index (κ2) is 5.82. The number of anilines is 2. The molecule has 0 saturated heterocycles. The fourth-order valence-corrected chi connectivity index (χ4v) is 2.05. The zero-order valence-electron chi connectivity index (χ0n) is 12.3. The molecular formula is C16H20N2O2. The van der Waals surface area contributed by atoms with Crippen molar-refractivity contribution in [3.63, 3.8) is 0 Å². The highest BCUT2D eigenvalue weighted by Crippen LogP contribution is 2.26. The van der Waals surface area contributed by atoms with Gasteiger partial charge in [-0.25, -0.2) is 0 Å². The Hall–Kier alpha value is -2.23. The third-order valence-corrected chi connectivity index (χ3v) is 3.12. The molecule has 0 spiro atoms. The molecule has 1 unspecified atom stereocenters. The summed E-state index contributed by atoms with van der Waals surface area (Å²) in [4.78, 5) is 11.1. The van der Waals surface area contributed by atoms with Crippen molar-refractivity contribution in [2.24, 2.45) is 0 Å². The minimum absolute atomic E-state index is 0.0648. The smallest absolute Gasteiger partial charge is 0.221 e. The second-order valence-corrected chi connectivity index (χ2v) is 5.03. The minimum atomic E-state index is -0.0745. The van der Waals surface area contributed by atoms with Crippen LogP contribution in [0.15, 0.2) is 34.7 Å². The van der Waals surface area contributed by atoms with E-state index in [0.29, 0.717) is 0 Å². The standard InChI is InChI=1S/C16H20N2O2/c1-10-5-7-14(18-13(4)19)9-15(10)17-12(3)16-8-6-11(2)20-16/h5-9,12,17H,1-4H3,(H,18,19). The molecule has 4 nitrogen and oxygen atoms in total. The Morgan fingerprint density at radius 2 is 1.95 bits per heavy atom. The summed E-state index contributed by atoms with van der Waals surface area (Å²) in [5.74, 6) is 1.72. The molecule has 0 saturated carbocycles. The highest BCUT2D eigenvalue weighted by molar-refractivity contribution is 5.89. The van der Waals surface area contributed by atoms with Crippen molar-refractivity contribution < 1.29 is 9.21 Å². The number of benzene rings is 1. The van der Waals surface area contributed by atoms with Gasteiger partial charge in [-0.2, -0.15) is 0 Å². The Morgan fingerprint density at radius 1 is 1.20 bits per heavy atom. The van der Waals surface area contributed by atoms with Gasteiger partial charge in [0.2, 0.25) is 5.91 Å². The van der Waals surface area contributed by atoms with Crippen LogP contribution in [0.3, 0.4) is 0 Å². The number of rotatable bonds is 4. The van der Waals surface area contributed by atoms with Crippen LogP contribution >= 0.6 is 0 Å². The zero-order valence-corrected chi connectivity index (χ0v) is 12.3. The van der Waals surface area contributed by atoms with Crippen molar-refractivity contribution in [1.82, 2.24) is 0 Å². The summed E-state index contributed by atoms with van der Waals surface area (Å²) in [5.41, 5.74) is 2.89. The van der Waals surface area contributed by atoms with Gasteiger partial charge in [0.25, 0.3) is 0 Å². The summed E-state index contributed by atoms with van der Waals surface area (Å²) in [7, 11) is 0.